The molecule has 90 valence electrons. The van der Waals surface area contributed by atoms with Gasteiger partial charge in [0.2, 0.25) is 0 Å². The van der Waals surface area contributed by atoms with Crippen molar-refractivity contribution in [3.05, 3.63) is 28.8 Å². The van der Waals surface area contributed by atoms with Crippen molar-refractivity contribution < 1.29 is 0 Å². The summed E-state index contributed by atoms with van der Waals surface area (Å²) in [6, 6.07) is 7.28. The monoisotopic (exact) mass is 246 g/mol. The third-order valence-electron chi connectivity index (χ3n) is 3.69. The maximum Gasteiger partial charge on any atom is 0.0907 e. The highest BCUT2D eigenvalue weighted by atomic mass is 32.1. The van der Waals surface area contributed by atoms with Gasteiger partial charge in [-0.05, 0) is 57.5 Å². The first-order valence-corrected chi connectivity index (χ1v) is 7.17. The van der Waals surface area contributed by atoms with Crippen LogP contribution in [-0.4, -0.2) is 23.0 Å². The molecule has 0 spiro atoms. The molecule has 1 aliphatic rings. The van der Waals surface area contributed by atoms with Crippen LogP contribution < -0.4 is 0 Å². The van der Waals surface area contributed by atoms with Crippen molar-refractivity contribution in [1.82, 2.24) is 9.88 Å². The molecule has 0 bridgehead atoms. The van der Waals surface area contributed by atoms with E-state index in [-0.39, 0.29) is 0 Å². The van der Waals surface area contributed by atoms with Gasteiger partial charge in [-0.25, -0.2) is 4.98 Å². The van der Waals surface area contributed by atoms with E-state index in [0.717, 1.165) is 10.5 Å². The Kier molecular flexibility index (Phi) is 2.89. The number of nitrogens with zero attached hydrogens (tertiary/aromatic N) is 2. The number of aryl methyl sites for hydroxylation is 1. The lowest BCUT2D eigenvalue weighted by Gasteiger charge is -2.23. The third-order valence-corrected chi connectivity index (χ3v) is 4.62. The van der Waals surface area contributed by atoms with E-state index in [9.17, 15) is 0 Å². The molecule has 1 fully saturated rings. The fourth-order valence-corrected chi connectivity index (χ4v) is 3.53. The number of thiazole rings is 1. The SMILES string of the molecule is Cc1nc2ccc(C(C)N3CCCC3)cc2s1. The van der Waals surface area contributed by atoms with Gasteiger partial charge in [-0.15, -0.1) is 11.3 Å². The number of rotatable bonds is 2. The normalized spacial score (nSPS) is 18.9. The topological polar surface area (TPSA) is 16.1 Å². The molecule has 1 aliphatic heterocycles. The number of likely N-dealkylation sites (tertiary alicyclic amines) is 1. The molecule has 0 radical (unpaired) electrons. The number of hydrogen-bond donors (Lipinski definition) is 0. The van der Waals surface area contributed by atoms with E-state index in [2.05, 4.69) is 41.9 Å². The van der Waals surface area contributed by atoms with Crippen molar-refractivity contribution in [2.75, 3.05) is 13.1 Å². The lowest BCUT2D eigenvalue weighted by atomic mass is 10.1. The molecule has 2 heterocycles. The number of hydrogen-bond acceptors (Lipinski definition) is 3. The molecule has 2 nitrogen and oxygen atoms in total. The highest BCUT2D eigenvalue weighted by molar-refractivity contribution is 7.18. The summed E-state index contributed by atoms with van der Waals surface area (Å²) in [6.07, 6.45) is 2.71. The minimum atomic E-state index is 0.546. The van der Waals surface area contributed by atoms with Gasteiger partial charge in [-0.3, -0.25) is 4.90 Å². The van der Waals surface area contributed by atoms with E-state index >= 15 is 0 Å². The second-order valence-corrected chi connectivity index (χ2v) is 6.11. The Hall–Kier alpha value is -0.930. The predicted molar refractivity (Wildman–Crippen MR) is 73.6 cm³/mol. The van der Waals surface area contributed by atoms with Crippen LogP contribution in [0.3, 0.4) is 0 Å². The van der Waals surface area contributed by atoms with Gasteiger partial charge in [0, 0.05) is 6.04 Å². The second kappa shape index (κ2) is 4.39. The Labute approximate surface area is 106 Å². The average Bonchev–Trinajstić information content (AvgIpc) is 2.94. The summed E-state index contributed by atoms with van der Waals surface area (Å²) in [4.78, 5) is 7.09. The predicted octanol–water partition coefficient (Wildman–Crippen LogP) is 3.76. The average molecular weight is 246 g/mol. The summed E-state index contributed by atoms with van der Waals surface area (Å²) in [5.41, 5.74) is 2.58. The Morgan fingerprint density at radius 1 is 1.29 bits per heavy atom. The molecule has 1 saturated heterocycles. The van der Waals surface area contributed by atoms with Crippen LogP contribution in [0.2, 0.25) is 0 Å². The van der Waals surface area contributed by atoms with E-state index in [0.29, 0.717) is 6.04 Å². The fraction of sp³-hybridized carbons (Fsp3) is 0.500. The van der Waals surface area contributed by atoms with Crippen LogP contribution in [0.5, 0.6) is 0 Å². The van der Waals surface area contributed by atoms with Gasteiger partial charge < -0.3 is 0 Å². The number of aromatic nitrogens is 1. The molecule has 0 aliphatic carbocycles. The van der Waals surface area contributed by atoms with Gasteiger partial charge in [-0.2, -0.15) is 0 Å². The summed E-state index contributed by atoms with van der Waals surface area (Å²) in [5, 5.41) is 1.16. The maximum absolute atomic E-state index is 4.52. The summed E-state index contributed by atoms with van der Waals surface area (Å²) >= 11 is 1.80. The Morgan fingerprint density at radius 3 is 2.82 bits per heavy atom. The molecule has 0 amide bonds. The first-order valence-electron chi connectivity index (χ1n) is 6.35. The van der Waals surface area contributed by atoms with E-state index in [4.69, 9.17) is 0 Å². The lowest BCUT2D eigenvalue weighted by Crippen LogP contribution is -2.23. The van der Waals surface area contributed by atoms with Gasteiger partial charge in [-0.1, -0.05) is 6.07 Å². The molecule has 17 heavy (non-hydrogen) atoms. The molecule has 3 heteroatoms. The lowest BCUT2D eigenvalue weighted by molar-refractivity contribution is 0.263. The summed E-state index contributed by atoms with van der Waals surface area (Å²) < 4.78 is 1.33. The van der Waals surface area contributed by atoms with Crippen LogP contribution in [0, 0.1) is 6.92 Å². The van der Waals surface area contributed by atoms with Crippen LogP contribution in [0.15, 0.2) is 18.2 Å². The standard InChI is InChI=1S/C14H18N2S/c1-10(16-7-3-4-8-16)12-5-6-13-14(9-12)17-11(2)15-13/h5-6,9-10H,3-4,7-8H2,1-2H3. The molecule has 1 atom stereocenters. The minimum Gasteiger partial charge on any atom is -0.297 e. The molecule has 1 aromatic heterocycles. The first kappa shape index (κ1) is 11.2. The highest BCUT2D eigenvalue weighted by Crippen LogP contribution is 2.29. The van der Waals surface area contributed by atoms with Gasteiger partial charge in [0.25, 0.3) is 0 Å². The van der Waals surface area contributed by atoms with Crippen molar-refractivity contribution in [3.8, 4) is 0 Å². The fourth-order valence-electron chi connectivity index (χ4n) is 2.66. The van der Waals surface area contributed by atoms with Crippen molar-refractivity contribution >= 4 is 21.6 Å². The summed E-state index contributed by atoms with van der Waals surface area (Å²) in [5.74, 6) is 0. The Balaban J connectivity index is 1.93. The summed E-state index contributed by atoms with van der Waals surface area (Å²) in [6.45, 7) is 6.90. The van der Waals surface area contributed by atoms with E-state index in [1.54, 1.807) is 11.3 Å². The van der Waals surface area contributed by atoms with Crippen LogP contribution in [0.4, 0.5) is 0 Å². The Morgan fingerprint density at radius 2 is 2.06 bits per heavy atom. The van der Waals surface area contributed by atoms with Crippen molar-refractivity contribution in [1.29, 1.82) is 0 Å². The van der Waals surface area contributed by atoms with E-state index in [1.165, 1.54) is 36.2 Å². The molecule has 0 saturated carbocycles. The van der Waals surface area contributed by atoms with E-state index < -0.39 is 0 Å². The second-order valence-electron chi connectivity index (χ2n) is 4.88. The zero-order chi connectivity index (χ0) is 11.8. The van der Waals surface area contributed by atoms with Crippen LogP contribution in [0.1, 0.15) is 36.4 Å². The largest absolute Gasteiger partial charge is 0.297 e. The van der Waals surface area contributed by atoms with Gasteiger partial charge >= 0.3 is 0 Å². The molecule has 3 rings (SSSR count). The Bertz CT molecular complexity index is 526. The van der Waals surface area contributed by atoms with Crippen LogP contribution in [0.25, 0.3) is 10.2 Å². The van der Waals surface area contributed by atoms with Crippen molar-refractivity contribution in [2.24, 2.45) is 0 Å². The highest BCUT2D eigenvalue weighted by Gasteiger charge is 2.19. The zero-order valence-corrected chi connectivity index (χ0v) is 11.3. The van der Waals surface area contributed by atoms with Gasteiger partial charge in [0.1, 0.15) is 0 Å². The summed E-state index contributed by atoms with van der Waals surface area (Å²) in [7, 11) is 0. The van der Waals surface area contributed by atoms with Gasteiger partial charge in [0.05, 0.1) is 15.2 Å². The minimum absolute atomic E-state index is 0.546. The first-order chi connectivity index (χ1) is 8.24. The molecule has 2 aromatic rings. The van der Waals surface area contributed by atoms with Crippen molar-refractivity contribution in [3.63, 3.8) is 0 Å². The molecular formula is C14H18N2S. The molecule has 0 N–H and O–H groups in total. The molecular weight excluding hydrogens is 228 g/mol. The van der Waals surface area contributed by atoms with Crippen LogP contribution in [-0.2, 0) is 0 Å². The maximum atomic E-state index is 4.52. The van der Waals surface area contributed by atoms with Crippen LogP contribution >= 0.6 is 11.3 Å². The smallest absolute Gasteiger partial charge is 0.0907 e. The van der Waals surface area contributed by atoms with Gasteiger partial charge in [0.15, 0.2) is 0 Å². The van der Waals surface area contributed by atoms with E-state index in [1.807, 2.05) is 0 Å². The van der Waals surface area contributed by atoms with Crippen molar-refractivity contribution in [2.45, 2.75) is 32.7 Å². The quantitative estimate of drug-likeness (QED) is 0.802. The number of benzene rings is 1. The number of fused-ring (bicyclic) bond motifs is 1. The molecule has 1 aromatic carbocycles. The zero-order valence-electron chi connectivity index (χ0n) is 10.4. The third kappa shape index (κ3) is 2.09. The molecule has 1 unspecified atom stereocenters.